The van der Waals surface area contributed by atoms with Crippen molar-refractivity contribution in [1.82, 2.24) is 0 Å². The summed E-state index contributed by atoms with van der Waals surface area (Å²) in [6.45, 7) is 14.2. The Balaban J connectivity index is 3.20. The molecule has 1 aromatic carbocycles. The Kier molecular flexibility index (Phi) is 10.2. The Morgan fingerprint density at radius 1 is 1.00 bits per heavy atom. The van der Waals surface area contributed by atoms with Crippen LogP contribution in [0.5, 0.6) is 5.75 Å². The third kappa shape index (κ3) is 6.99. The van der Waals surface area contributed by atoms with Crippen LogP contribution in [0.3, 0.4) is 0 Å². The molecule has 1 rings (SSSR count). The van der Waals surface area contributed by atoms with Crippen LogP contribution in [0.1, 0.15) is 83.8 Å². The van der Waals surface area contributed by atoms with Crippen LogP contribution in [0.2, 0.25) is 12.1 Å². The summed E-state index contributed by atoms with van der Waals surface area (Å²) in [6, 6.07) is 8.79. The summed E-state index contributed by atoms with van der Waals surface area (Å²) in [4.78, 5) is 0. The molecule has 4 heteroatoms. The van der Waals surface area contributed by atoms with Gasteiger partial charge in [0.2, 0.25) is 0 Å². The minimum Gasteiger partial charge on any atom is -0.520 e. The van der Waals surface area contributed by atoms with Crippen LogP contribution in [-0.4, -0.2) is 20.9 Å². The standard InChI is InChI=1S/C21H38O2SSi/c1-7-12-22-25(14-8-2,15-9-13-24)23-21-11-10-19(17(3)4)16-20(21)18(5)6/h10-11,16-18,24H,7-9,12-15H2,1-6H3. The van der Waals surface area contributed by atoms with E-state index >= 15 is 0 Å². The van der Waals surface area contributed by atoms with Crippen LogP contribution >= 0.6 is 12.6 Å². The predicted octanol–water partition coefficient (Wildman–Crippen LogP) is 6.91. The molecule has 0 aliphatic carbocycles. The maximum atomic E-state index is 6.76. The van der Waals surface area contributed by atoms with Crippen molar-refractivity contribution in [3.63, 3.8) is 0 Å². The Morgan fingerprint density at radius 2 is 1.72 bits per heavy atom. The molecule has 1 unspecified atom stereocenters. The molecular formula is C21H38O2SSi. The van der Waals surface area contributed by atoms with E-state index in [9.17, 15) is 0 Å². The maximum absolute atomic E-state index is 6.76. The largest absolute Gasteiger partial charge is 0.520 e. The number of benzene rings is 1. The molecule has 144 valence electrons. The summed E-state index contributed by atoms with van der Waals surface area (Å²) in [5.41, 5.74) is 2.69. The Hall–Kier alpha value is -0.453. The Morgan fingerprint density at radius 3 is 2.24 bits per heavy atom. The fraction of sp³-hybridized carbons (Fsp3) is 0.714. The Labute approximate surface area is 162 Å². The lowest BCUT2D eigenvalue weighted by atomic mass is 9.95. The highest BCUT2D eigenvalue weighted by Gasteiger charge is 2.38. The van der Waals surface area contributed by atoms with Crippen molar-refractivity contribution in [2.24, 2.45) is 0 Å². The van der Waals surface area contributed by atoms with Gasteiger partial charge in [-0.25, -0.2) is 0 Å². The van der Waals surface area contributed by atoms with E-state index in [1.165, 1.54) is 11.1 Å². The van der Waals surface area contributed by atoms with Crippen molar-refractivity contribution < 1.29 is 8.85 Å². The van der Waals surface area contributed by atoms with Gasteiger partial charge in [-0.2, -0.15) is 12.6 Å². The summed E-state index contributed by atoms with van der Waals surface area (Å²) in [6.07, 6.45) is 3.19. The van der Waals surface area contributed by atoms with Crippen LogP contribution in [0, 0.1) is 0 Å². The second-order valence-corrected chi connectivity index (χ2v) is 11.3. The molecule has 0 saturated carbocycles. The van der Waals surface area contributed by atoms with E-state index < -0.39 is 8.56 Å². The molecule has 0 radical (unpaired) electrons. The Bertz CT molecular complexity index is 495. The fourth-order valence-electron chi connectivity index (χ4n) is 3.09. The van der Waals surface area contributed by atoms with Crippen molar-refractivity contribution in [1.29, 1.82) is 0 Å². The first-order valence-electron chi connectivity index (χ1n) is 9.96. The first-order valence-corrected chi connectivity index (χ1v) is 12.8. The third-order valence-electron chi connectivity index (χ3n) is 4.53. The molecule has 0 N–H and O–H groups in total. The molecule has 0 bridgehead atoms. The number of thiol groups is 1. The molecule has 0 heterocycles. The van der Waals surface area contributed by atoms with Crippen LogP contribution in [0.15, 0.2) is 18.2 Å². The smallest absolute Gasteiger partial charge is 0.398 e. The van der Waals surface area contributed by atoms with Crippen LogP contribution in [0.25, 0.3) is 0 Å². The number of hydrogen-bond acceptors (Lipinski definition) is 3. The predicted molar refractivity (Wildman–Crippen MR) is 116 cm³/mol. The molecule has 0 saturated heterocycles. The van der Waals surface area contributed by atoms with Crippen LogP contribution < -0.4 is 4.43 Å². The van der Waals surface area contributed by atoms with Gasteiger partial charge in [-0.15, -0.1) is 0 Å². The van der Waals surface area contributed by atoms with Gasteiger partial charge in [0.1, 0.15) is 5.75 Å². The van der Waals surface area contributed by atoms with Crippen LogP contribution in [-0.2, 0) is 4.43 Å². The van der Waals surface area contributed by atoms with E-state index in [0.29, 0.717) is 11.8 Å². The lowest BCUT2D eigenvalue weighted by molar-refractivity contribution is 0.233. The lowest BCUT2D eigenvalue weighted by Gasteiger charge is -2.33. The van der Waals surface area contributed by atoms with E-state index in [-0.39, 0.29) is 0 Å². The minimum absolute atomic E-state index is 0.443. The van der Waals surface area contributed by atoms with Crippen molar-refractivity contribution in [2.45, 2.75) is 84.7 Å². The average Bonchev–Trinajstić information content (AvgIpc) is 2.58. The van der Waals surface area contributed by atoms with Gasteiger partial charge < -0.3 is 8.85 Å². The van der Waals surface area contributed by atoms with Gasteiger partial charge in [-0.1, -0.05) is 60.1 Å². The van der Waals surface area contributed by atoms with Gasteiger partial charge in [-0.3, -0.25) is 0 Å². The molecule has 1 aromatic rings. The average molecular weight is 383 g/mol. The topological polar surface area (TPSA) is 18.5 Å². The zero-order valence-corrected chi connectivity index (χ0v) is 19.0. The van der Waals surface area contributed by atoms with E-state index in [2.05, 4.69) is 72.4 Å². The van der Waals surface area contributed by atoms with Gasteiger partial charge in [0.05, 0.1) is 0 Å². The molecule has 0 amide bonds. The first kappa shape index (κ1) is 22.6. The zero-order chi connectivity index (χ0) is 18.9. The van der Waals surface area contributed by atoms with E-state index in [1.807, 2.05) is 0 Å². The van der Waals surface area contributed by atoms with Gasteiger partial charge in [-0.05, 0) is 47.6 Å². The molecule has 0 spiro atoms. The first-order chi connectivity index (χ1) is 11.9. The van der Waals surface area contributed by atoms with Gasteiger partial charge >= 0.3 is 8.56 Å². The molecule has 2 nitrogen and oxygen atoms in total. The van der Waals surface area contributed by atoms with Crippen molar-refractivity contribution in [3.8, 4) is 5.75 Å². The zero-order valence-electron chi connectivity index (χ0n) is 17.1. The highest BCUT2D eigenvalue weighted by atomic mass is 32.1. The van der Waals surface area contributed by atoms with Crippen molar-refractivity contribution in [3.05, 3.63) is 29.3 Å². The molecule has 0 aliphatic rings. The molecular weight excluding hydrogens is 344 g/mol. The van der Waals surface area contributed by atoms with Gasteiger partial charge in [0.15, 0.2) is 0 Å². The van der Waals surface area contributed by atoms with E-state index in [1.54, 1.807) is 0 Å². The summed E-state index contributed by atoms with van der Waals surface area (Å²) >= 11 is 4.42. The quantitative estimate of drug-likeness (QED) is 0.313. The summed E-state index contributed by atoms with van der Waals surface area (Å²) < 4.78 is 13.2. The van der Waals surface area contributed by atoms with Crippen molar-refractivity contribution in [2.75, 3.05) is 12.4 Å². The fourth-order valence-corrected chi connectivity index (χ4v) is 6.99. The maximum Gasteiger partial charge on any atom is 0.398 e. The monoisotopic (exact) mass is 382 g/mol. The second kappa shape index (κ2) is 11.3. The summed E-state index contributed by atoms with van der Waals surface area (Å²) in [7, 11) is -2.25. The van der Waals surface area contributed by atoms with E-state index in [0.717, 1.165) is 49.5 Å². The highest BCUT2D eigenvalue weighted by molar-refractivity contribution is 7.80. The second-order valence-electron chi connectivity index (χ2n) is 7.55. The summed E-state index contributed by atoms with van der Waals surface area (Å²) in [5.74, 6) is 2.90. The highest BCUT2D eigenvalue weighted by Crippen LogP contribution is 2.34. The number of hydrogen-bond donors (Lipinski definition) is 1. The number of rotatable bonds is 12. The van der Waals surface area contributed by atoms with Crippen LogP contribution in [0.4, 0.5) is 0 Å². The molecule has 0 aliphatic heterocycles. The normalized spacial score (nSPS) is 14.1. The van der Waals surface area contributed by atoms with Gasteiger partial charge in [0, 0.05) is 18.7 Å². The summed E-state index contributed by atoms with van der Waals surface area (Å²) in [5, 5.41) is 0. The SMILES string of the molecule is CCCO[Si](CCC)(CCCS)Oc1ccc(C(C)C)cc1C(C)C. The lowest BCUT2D eigenvalue weighted by Crippen LogP contribution is -2.45. The molecule has 1 atom stereocenters. The minimum atomic E-state index is -2.25. The molecule has 0 fully saturated rings. The third-order valence-corrected chi connectivity index (χ3v) is 8.55. The molecule has 0 aromatic heterocycles. The van der Waals surface area contributed by atoms with E-state index in [4.69, 9.17) is 8.85 Å². The molecule has 25 heavy (non-hydrogen) atoms. The van der Waals surface area contributed by atoms with Crippen molar-refractivity contribution >= 4 is 21.2 Å². The van der Waals surface area contributed by atoms with Gasteiger partial charge in [0.25, 0.3) is 0 Å².